The molecular weight excluding hydrogens is 228 g/mol. The molecule has 0 amide bonds. The quantitative estimate of drug-likeness (QED) is 0.632. The number of hydrogen-bond donors (Lipinski definition) is 0. The fourth-order valence-corrected chi connectivity index (χ4v) is 4.36. The summed E-state index contributed by atoms with van der Waals surface area (Å²) < 4.78 is 5.77. The smallest absolute Gasteiger partial charge is 0.0575 e. The summed E-state index contributed by atoms with van der Waals surface area (Å²) in [5.41, 5.74) is 0. The van der Waals surface area contributed by atoms with Gasteiger partial charge in [0.15, 0.2) is 0 Å². The lowest BCUT2D eigenvalue weighted by atomic mass is 10.0. The average molecular weight is 256 g/mol. The second kappa shape index (κ2) is 8.42. The van der Waals surface area contributed by atoms with E-state index in [4.69, 9.17) is 4.74 Å². The molecular formula is C15H28OS. The van der Waals surface area contributed by atoms with Crippen LogP contribution in [0.25, 0.3) is 0 Å². The Morgan fingerprint density at radius 2 is 1.71 bits per heavy atom. The van der Waals surface area contributed by atoms with Crippen LogP contribution in [0.1, 0.15) is 70.6 Å². The van der Waals surface area contributed by atoms with E-state index in [0.29, 0.717) is 6.10 Å². The normalized spacial score (nSPS) is 27.2. The molecule has 0 aromatic heterocycles. The minimum atomic E-state index is 0.600. The number of thioether (sulfide) groups is 1. The van der Waals surface area contributed by atoms with Crippen molar-refractivity contribution < 1.29 is 4.74 Å². The third-order valence-corrected chi connectivity index (χ3v) is 5.57. The van der Waals surface area contributed by atoms with Gasteiger partial charge in [-0.1, -0.05) is 25.7 Å². The number of rotatable bonds is 6. The highest BCUT2D eigenvalue weighted by molar-refractivity contribution is 7.99. The summed E-state index contributed by atoms with van der Waals surface area (Å²) in [5, 5.41) is 0.995. The highest BCUT2D eigenvalue weighted by Crippen LogP contribution is 2.29. The first-order valence-corrected chi connectivity index (χ1v) is 8.73. The minimum absolute atomic E-state index is 0.600. The molecule has 0 spiro atoms. The molecule has 0 radical (unpaired) electrons. The zero-order valence-electron chi connectivity index (χ0n) is 11.2. The number of unbranched alkanes of at least 4 members (excludes halogenated alkanes) is 1. The number of hydrogen-bond acceptors (Lipinski definition) is 2. The standard InChI is InChI=1S/C15H28OS/c1-2-10-15(11-3-1)17-13-7-5-9-14-8-4-6-12-16-14/h14-15H,1-13H2. The predicted molar refractivity (Wildman–Crippen MR) is 76.8 cm³/mol. The van der Waals surface area contributed by atoms with E-state index in [1.165, 1.54) is 76.4 Å². The SMILES string of the molecule is C1CCC(SCCCCC2CCCCO2)CC1. The first-order valence-electron chi connectivity index (χ1n) is 7.68. The molecule has 1 aliphatic heterocycles. The molecule has 2 rings (SSSR count). The van der Waals surface area contributed by atoms with Crippen molar-refractivity contribution in [2.24, 2.45) is 0 Å². The fourth-order valence-electron chi connectivity index (χ4n) is 2.99. The molecule has 0 bridgehead atoms. The molecule has 0 aromatic carbocycles. The topological polar surface area (TPSA) is 9.23 Å². The van der Waals surface area contributed by atoms with Crippen molar-refractivity contribution in [2.45, 2.75) is 82.0 Å². The molecule has 1 saturated carbocycles. The molecule has 0 N–H and O–H groups in total. The van der Waals surface area contributed by atoms with Crippen LogP contribution in [0.3, 0.4) is 0 Å². The largest absolute Gasteiger partial charge is 0.378 e. The molecule has 1 atom stereocenters. The highest BCUT2D eigenvalue weighted by Gasteiger charge is 2.14. The van der Waals surface area contributed by atoms with Crippen LogP contribution < -0.4 is 0 Å². The van der Waals surface area contributed by atoms with Gasteiger partial charge in [-0.2, -0.15) is 11.8 Å². The van der Waals surface area contributed by atoms with Crippen LogP contribution >= 0.6 is 11.8 Å². The van der Waals surface area contributed by atoms with Crippen LogP contribution in [0, 0.1) is 0 Å². The maximum atomic E-state index is 5.77. The molecule has 1 aliphatic carbocycles. The van der Waals surface area contributed by atoms with Crippen molar-refractivity contribution >= 4 is 11.8 Å². The van der Waals surface area contributed by atoms with Gasteiger partial charge in [0.2, 0.25) is 0 Å². The van der Waals surface area contributed by atoms with Gasteiger partial charge in [-0.3, -0.25) is 0 Å². The van der Waals surface area contributed by atoms with Crippen LogP contribution in [0.4, 0.5) is 0 Å². The third kappa shape index (κ3) is 5.65. The average Bonchev–Trinajstić information content (AvgIpc) is 2.41. The lowest BCUT2D eigenvalue weighted by molar-refractivity contribution is 0.0101. The van der Waals surface area contributed by atoms with Gasteiger partial charge in [0.25, 0.3) is 0 Å². The lowest BCUT2D eigenvalue weighted by Gasteiger charge is -2.23. The van der Waals surface area contributed by atoms with Gasteiger partial charge in [-0.15, -0.1) is 0 Å². The molecule has 17 heavy (non-hydrogen) atoms. The van der Waals surface area contributed by atoms with E-state index in [1.54, 1.807) is 0 Å². The zero-order valence-corrected chi connectivity index (χ0v) is 12.0. The van der Waals surface area contributed by atoms with Crippen LogP contribution in [0.2, 0.25) is 0 Å². The summed E-state index contributed by atoms with van der Waals surface area (Å²) in [4.78, 5) is 0. The van der Waals surface area contributed by atoms with Crippen molar-refractivity contribution in [3.8, 4) is 0 Å². The first-order chi connectivity index (χ1) is 8.45. The van der Waals surface area contributed by atoms with Gasteiger partial charge in [-0.25, -0.2) is 0 Å². The Bertz CT molecular complexity index is 163. The van der Waals surface area contributed by atoms with Crippen molar-refractivity contribution in [3.05, 3.63) is 0 Å². The highest BCUT2D eigenvalue weighted by atomic mass is 32.2. The van der Waals surface area contributed by atoms with Crippen molar-refractivity contribution in [1.29, 1.82) is 0 Å². The Labute approximate surface area is 111 Å². The van der Waals surface area contributed by atoms with E-state index in [9.17, 15) is 0 Å². The Balaban J connectivity index is 1.42. The molecule has 1 heterocycles. The lowest BCUT2D eigenvalue weighted by Crippen LogP contribution is -2.18. The molecule has 1 unspecified atom stereocenters. The van der Waals surface area contributed by atoms with Crippen LogP contribution in [0.5, 0.6) is 0 Å². The fraction of sp³-hybridized carbons (Fsp3) is 1.00. The Kier molecular flexibility index (Phi) is 6.80. The van der Waals surface area contributed by atoms with Gasteiger partial charge in [0, 0.05) is 11.9 Å². The summed E-state index contributed by atoms with van der Waals surface area (Å²) in [7, 11) is 0. The third-order valence-electron chi connectivity index (χ3n) is 4.10. The van der Waals surface area contributed by atoms with Crippen molar-refractivity contribution in [2.75, 3.05) is 12.4 Å². The van der Waals surface area contributed by atoms with Crippen LogP contribution in [0.15, 0.2) is 0 Å². The molecule has 2 aliphatic rings. The molecule has 100 valence electrons. The second-order valence-corrected chi connectivity index (χ2v) is 7.02. The molecule has 2 heteroatoms. The summed E-state index contributed by atoms with van der Waals surface area (Å²) in [6, 6.07) is 0. The van der Waals surface area contributed by atoms with Gasteiger partial charge in [0.1, 0.15) is 0 Å². The zero-order chi connectivity index (χ0) is 11.8. The molecule has 1 saturated heterocycles. The molecule has 2 fully saturated rings. The van der Waals surface area contributed by atoms with Gasteiger partial charge in [-0.05, 0) is 50.7 Å². The first kappa shape index (κ1) is 13.7. The Morgan fingerprint density at radius 3 is 2.47 bits per heavy atom. The summed E-state index contributed by atoms with van der Waals surface area (Å²) in [6.07, 6.45) is 16.1. The van der Waals surface area contributed by atoms with E-state index in [2.05, 4.69) is 11.8 Å². The summed E-state index contributed by atoms with van der Waals surface area (Å²) in [5.74, 6) is 1.39. The minimum Gasteiger partial charge on any atom is -0.378 e. The Hall–Kier alpha value is 0.310. The maximum Gasteiger partial charge on any atom is 0.0575 e. The van der Waals surface area contributed by atoms with Gasteiger partial charge < -0.3 is 4.74 Å². The van der Waals surface area contributed by atoms with E-state index in [0.717, 1.165) is 11.9 Å². The van der Waals surface area contributed by atoms with Crippen molar-refractivity contribution in [1.82, 2.24) is 0 Å². The number of ether oxygens (including phenoxy) is 1. The maximum absolute atomic E-state index is 5.77. The van der Waals surface area contributed by atoms with E-state index in [1.807, 2.05) is 0 Å². The van der Waals surface area contributed by atoms with Crippen LogP contribution in [-0.4, -0.2) is 23.7 Å². The van der Waals surface area contributed by atoms with E-state index >= 15 is 0 Å². The predicted octanol–water partition coefficient (Wildman–Crippen LogP) is 4.79. The monoisotopic (exact) mass is 256 g/mol. The summed E-state index contributed by atoms with van der Waals surface area (Å²) in [6.45, 7) is 1.02. The van der Waals surface area contributed by atoms with Gasteiger partial charge in [0.05, 0.1) is 6.10 Å². The van der Waals surface area contributed by atoms with E-state index < -0.39 is 0 Å². The second-order valence-electron chi connectivity index (χ2n) is 5.62. The summed E-state index contributed by atoms with van der Waals surface area (Å²) >= 11 is 2.24. The van der Waals surface area contributed by atoms with Gasteiger partial charge >= 0.3 is 0 Å². The molecule has 0 aromatic rings. The van der Waals surface area contributed by atoms with Crippen LogP contribution in [-0.2, 0) is 4.74 Å². The molecule has 1 nitrogen and oxygen atoms in total. The Morgan fingerprint density at radius 1 is 0.882 bits per heavy atom. The van der Waals surface area contributed by atoms with E-state index in [-0.39, 0.29) is 0 Å². The van der Waals surface area contributed by atoms with Crippen molar-refractivity contribution in [3.63, 3.8) is 0 Å².